The average Bonchev–Trinajstić information content (AvgIpc) is 2.87. The first-order valence-corrected chi connectivity index (χ1v) is 7.79. The SMILES string of the molecule is CC(N[C@H](C)C1CCCC1)c1ccc(Br)s1. The number of halogens is 1. The summed E-state index contributed by atoms with van der Waals surface area (Å²) < 4.78 is 1.23. The van der Waals surface area contributed by atoms with E-state index in [4.69, 9.17) is 0 Å². The Balaban J connectivity index is 1.88. The van der Waals surface area contributed by atoms with Gasteiger partial charge in [0, 0.05) is 17.0 Å². The molecule has 3 heteroatoms. The molecular weight excluding hydrogens is 282 g/mol. The molecule has 0 amide bonds. The first kappa shape index (κ1) is 12.6. The van der Waals surface area contributed by atoms with Gasteiger partial charge in [0.1, 0.15) is 0 Å². The van der Waals surface area contributed by atoms with Crippen LogP contribution in [0.5, 0.6) is 0 Å². The van der Waals surface area contributed by atoms with Crippen LogP contribution in [0.15, 0.2) is 15.9 Å². The van der Waals surface area contributed by atoms with Crippen LogP contribution in [-0.4, -0.2) is 6.04 Å². The lowest BCUT2D eigenvalue weighted by molar-refractivity contribution is 0.354. The van der Waals surface area contributed by atoms with Crippen molar-refractivity contribution in [1.82, 2.24) is 5.32 Å². The van der Waals surface area contributed by atoms with Crippen molar-refractivity contribution in [2.45, 2.75) is 51.6 Å². The number of hydrogen-bond acceptors (Lipinski definition) is 2. The highest BCUT2D eigenvalue weighted by molar-refractivity contribution is 9.11. The van der Waals surface area contributed by atoms with E-state index in [1.807, 2.05) is 11.3 Å². The molecule has 0 radical (unpaired) electrons. The lowest BCUT2D eigenvalue weighted by Crippen LogP contribution is -2.33. The summed E-state index contributed by atoms with van der Waals surface area (Å²) in [5.74, 6) is 0.894. The van der Waals surface area contributed by atoms with E-state index < -0.39 is 0 Å². The summed E-state index contributed by atoms with van der Waals surface area (Å²) in [6, 6.07) is 5.48. The predicted molar refractivity (Wildman–Crippen MR) is 75.0 cm³/mol. The van der Waals surface area contributed by atoms with Crippen molar-refractivity contribution in [2.24, 2.45) is 5.92 Å². The van der Waals surface area contributed by atoms with Crippen molar-refractivity contribution in [3.8, 4) is 0 Å². The second kappa shape index (κ2) is 5.65. The third-order valence-corrected chi connectivity index (χ3v) is 5.45. The molecule has 2 rings (SSSR count). The van der Waals surface area contributed by atoms with E-state index in [0.29, 0.717) is 12.1 Å². The Morgan fingerprint density at radius 3 is 2.56 bits per heavy atom. The Bertz CT molecular complexity index is 330. The zero-order valence-electron chi connectivity index (χ0n) is 10.0. The summed E-state index contributed by atoms with van der Waals surface area (Å²) in [4.78, 5) is 1.43. The molecule has 0 saturated heterocycles. The molecule has 16 heavy (non-hydrogen) atoms. The minimum Gasteiger partial charge on any atom is -0.307 e. The number of thiophene rings is 1. The molecular formula is C13H20BrNS. The monoisotopic (exact) mass is 301 g/mol. The van der Waals surface area contributed by atoms with Gasteiger partial charge < -0.3 is 5.32 Å². The molecule has 0 aliphatic heterocycles. The quantitative estimate of drug-likeness (QED) is 0.847. The Hall–Kier alpha value is 0.140. The van der Waals surface area contributed by atoms with Gasteiger partial charge in [-0.15, -0.1) is 11.3 Å². The van der Waals surface area contributed by atoms with Gasteiger partial charge in [0.25, 0.3) is 0 Å². The zero-order chi connectivity index (χ0) is 11.5. The van der Waals surface area contributed by atoms with Crippen LogP contribution in [0.3, 0.4) is 0 Å². The van der Waals surface area contributed by atoms with E-state index in [9.17, 15) is 0 Å². The molecule has 1 aromatic rings. The molecule has 0 spiro atoms. The molecule has 0 bridgehead atoms. The van der Waals surface area contributed by atoms with Crippen LogP contribution < -0.4 is 5.32 Å². The second-order valence-electron chi connectivity index (χ2n) is 4.86. The fourth-order valence-corrected chi connectivity index (χ4v) is 4.07. The smallest absolute Gasteiger partial charge is 0.0701 e. The van der Waals surface area contributed by atoms with Crippen LogP contribution >= 0.6 is 27.3 Å². The number of nitrogens with one attached hydrogen (secondary N) is 1. The topological polar surface area (TPSA) is 12.0 Å². The van der Waals surface area contributed by atoms with E-state index in [1.165, 1.54) is 34.3 Å². The fourth-order valence-electron chi connectivity index (χ4n) is 2.63. The molecule has 1 saturated carbocycles. The van der Waals surface area contributed by atoms with Gasteiger partial charge in [-0.2, -0.15) is 0 Å². The van der Waals surface area contributed by atoms with Gasteiger partial charge in [-0.05, 0) is 60.7 Å². The van der Waals surface area contributed by atoms with Crippen molar-refractivity contribution >= 4 is 27.3 Å². The van der Waals surface area contributed by atoms with Crippen molar-refractivity contribution in [3.63, 3.8) is 0 Å². The molecule has 1 aliphatic carbocycles. The van der Waals surface area contributed by atoms with Gasteiger partial charge in [-0.3, -0.25) is 0 Å². The largest absolute Gasteiger partial charge is 0.307 e. The van der Waals surface area contributed by atoms with Crippen LogP contribution in [-0.2, 0) is 0 Å². The lowest BCUT2D eigenvalue weighted by Gasteiger charge is -2.24. The van der Waals surface area contributed by atoms with Gasteiger partial charge in [-0.1, -0.05) is 12.8 Å². The van der Waals surface area contributed by atoms with E-state index >= 15 is 0 Å². The molecule has 1 heterocycles. The Kier molecular flexibility index (Phi) is 4.45. The van der Waals surface area contributed by atoms with Gasteiger partial charge >= 0.3 is 0 Å². The standard InChI is InChI=1S/C13H20BrNS/c1-9(11-5-3-4-6-11)15-10(2)12-7-8-13(14)16-12/h7-11,15H,3-6H2,1-2H3/t9-,10?/m1/s1. The molecule has 2 atom stereocenters. The van der Waals surface area contributed by atoms with Crippen molar-refractivity contribution in [3.05, 3.63) is 20.8 Å². The number of hydrogen-bond donors (Lipinski definition) is 1. The Morgan fingerprint density at radius 2 is 2.00 bits per heavy atom. The van der Waals surface area contributed by atoms with Crippen molar-refractivity contribution in [1.29, 1.82) is 0 Å². The van der Waals surface area contributed by atoms with Gasteiger partial charge in [0.15, 0.2) is 0 Å². The highest BCUT2D eigenvalue weighted by Gasteiger charge is 2.23. The molecule has 1 aliphatic rings. The molecule has 1 N–H and O–H groups in total. The normalized spacial score (nSPS) is 21.2. The van der Waals surface area contributed by atoms with Crippen LogP contribution in [0.4, 0.5) is 0 Å². The third kappa shape index (κ3) is 3.08. The van der Waals surface area contributed by atoms with Crippen LogP contribution in [0.1, 0.15) is 50.4 Å². The van der Waals surface area contributed by atoms with Crippen LogP contribution in [0, 0.1) is 5.92 Å². The summed E-state index contributed by atoms with van der Waals surface area (Å²) in [6.07, 6.45) is 5.68. The van der Waals surface area contributed by atoms with Crippen molar-refractivity contribution < 1.29 is 0 Å². The number of rotatable bonds is 4. The first-order valence-electron chi connectivity index (χ1n) is 6.18. The highest BCUT2D eigenvalue weighted by Crippen LogP contribution is 2.31. The first-order chi connectivity index (χ1) is 7.66. The average molecular weight is 302 g/mol. The minimum atomic E-state index is 0.479. The lowest BCUT2D eigenvalue weighted by atomic mass is 9.99. The molecule has 1 nitrogen and oxygen atoms in total. The van der Waals surface area contributed by atoms with Crippen LogP contribution in [0.2, 0.25) is 0 Å². The Morgan fingerprint density at radius 1 is 1.31 bits per heavy atom. The maximum absolute atomic E-state index is 3.74. The van der Waals surface area contributed by atoms with Crippen LogP contribution in [0.25, 0.3) is 0 Å². The maximum Gasteiger partial charge on any atom is 0.0701 e. The zero-order valence-corrected chi connectivity index (χ0v) is 12.4. The van der Waals surface area contributed by atoms with E-state index in [-0.39, 0.29) is 0 Å². The summed E-state index contributed by atoms with van der Waals surface area (Å²) >= 11 is 5.36. The predicted octanol–water partition coefficient (Wildman–Crippen LogP) is 4.74. The highest BCUT2D eigenvalue weighted by atomic mass is 79.9. The summed E-state index contributed by atoms with van der Waals surface area (Å²) in [7, 11) is 0. The summed E-state index contributed by atoms with van der Waals surface area (Å²) in [6.45, 7) is 4.61. The third-order valence-electron chi connectivity index (χ3n) is 3.64. The molecule has 1 fully saturated rings. The second-order valence-corrected chi connectivity index (χ2v) is 7.36. The van der Waals surface area contributed by atoms with E-state index in [0.717, 1.165) is 5.92 Å². The van der Waals surface area contributed by atoms with E-state index in [2.05, 4.69) is 47.2 Å². The van der Waals surface area contributed by atoms with Gasteiger partial charge in [0.05, 0.1) is 3.79 Å². The summed E-state index contributed by atoms with van der Waals surface area (Å²) in [5.41, 5.74) is 0. The van der Waals surface area contributed by atoms with Crippen molar-refractivity contribution in [2.75, 3.05) is 0 Å². The minimum absolute atomic E-state index is 0.479. The van der Waals surface area contributed by atoms with Gasteiger partial charge in [0.2, 0.25) is 0 Å². The molecule has 1 aromatic heterocycles. The molecule has 0 aromatic carbocycles. The molecule has 90 valence electrons. The summed E-state index contributed by atoms with van der Waals surface area (Å²) in [5, 5.41) is 3.74. The van der Waals surface area contributed by atoms with E-state index in [1.54, 1.807) is 0 Å². The molecule has 1 unspecified atom stereocenters. The maximum atomic E-state index is 3.74. The Labute approximate surface area is 111 Å². The fraction of sp³-hybridized carbons (Fsp3) is 0.692. The van der Waals surface area contributed by atoms with Gasteiger partial charge in [-0.25, -0.2) is 0 Å².